The van der Waals surface area contributed by atoms with Crippen LogP contribution in [-0.4, -0.2) is 81.6 Å². The zero-order valence-corrected chi connectivity index (χ0v) is 20.1. The monoisotopic (exact) mass is 458 g/mol. The second-order valence-electron chi connectivity index (χ2n) is 9.92. The molecule has 1 atom stereocenters. The fourth-order valence-electron chi connectivity index (χ4n) is 5.34. The number of aromatic nitrogens is 2. The number of rotatable bonds is 8. The van der Waals surface area contributed by atoms with Crippen LogP contribution in [0.25, 0.3) is 0 Å². The van der Waals surface area contributed by atoms with E-state index in [0.717, 1.165) is 51.7 Å². The van der Waals surface area contributed by atoms with Gasteiger partial charge in [-0.3, -0.25) is 19.1 Å². The molecule has 1 aromatic heterocycles. The molecule has 0 aromatic carbocycles. The first-order valence-corrected chi connectivity index (χ1v) is 12.6. The van der Waals surface area contributed by atoms with Gasteiger partial charge in [0.15, 0.2) is 5.69 Å². The molecule has 0 bridgehead atoms. The lowest BCUT2D eigenvalue weighted by Gasteiger charge is -2.43. The Morgan fingerprint density at radius 2 is 1.85 bits per heavy atom. The fraction of sp³-hybridized carbons (Fsp3) is 0.750. The molecule has 1 saturated heterocycles. The van der Waals surface area contributed by atoms with Gasteiger partial charge in [-0.1, -0.05) is 26.2 Å². The Bertz CT molecular complexity index is 872. The van der Waals surface area contributed by atoms with E-state index < -0.39 is 5.54 Å². The Kier molecular flexibility index (Phi) is 7.36. The number of nitrogens with one attached hydrogen (secondary N) is 2. The van der Waals surface area contributed by atoms with Gasteiger partial charge in [-0.25, -0.2) is 0 Å². The summed E-state index contributed by atoms with van der Waals surface area (Å²) in [5, 5.41) is 10.5. The maximum absolute atomic E-state index is 13.4. The maximum Gasteiger partial charge on any atom is 0.273 e. The van der Waals surface area contributed by atoms with Gasteiger partial charge in [0.05, 0.1) is 6.54 Å². The molecule has 1 saturated carbocycles. The molecule has 1 unspecified atom stereocenters. The average Bonchev–Trinajstić information content (AvgIpc) is 3.47. The highest BCUT2D eigenvalue weighted by Gasteiger charge is 2.48. The number of carbonyl (C=O) groups is 3. The zero-order chi connectivity index (χ0) is 23.4. The minimum absolute atomic E-state index is 0.134. The van der Waals surface area contributed by atoms with E-state index in [1.54, 1.807) is 15.6 Å². The Labute approximate surface area is 196 Å². The number of carbonyl (C=O) groups excluding carboxylic acids is 3. The molecule has 9 heteroatoms. The summed E-state index contributed by atoms with van der Waals surface area (Å²) in [4.78, 5) is 43.4. The smallest absolute Gasteiger partial charge is 0.273 e. The van der Waals surface area contributed by atoms with Gasteiger partial charge < -0.3 is 20.4 Å². The highest BCUT2D eigenvalue weighted by Crippen LogP contribution is 2.29. The van der Waals surface area contributed by atoms with Gasteiger partial charge in [0.25, 0.3) is 11.8 Å². The van der Waals surface area contributed by atoms with Gasteiger partial charge in [0.2, 0.25) is 5.91 Å². The van der Waals surface area contributed by atoms with E-state index in [-0.39, 0.29) is 36.0 Å². The predicted molar refractivity (Wildman–Crippen MR) is 125 cm³/mol. The molecular formula is C24H38N6O3. The largest absolute Gasteiger partial charge is 0.351 e. The fourth-order valence-corrected chi connectivity index (χ4v) is 5.34. The van der Waals surface area contributed by atoms with Crippen LogP contribution in [0.1, 0.15) is 86.2 Å². The van der Waals surface area contributed by atoms with Crippen molar-refractivity contribution in [3.63, 3.8) is 0 Å². The van der Waals surface area contributed by atoms with Crippen molar-refractivity contribution in [2.75, 3.05) is 32.7 Å². The SMILES string of the molecule is CCCN1C(=O)c2cc(C(=O)NCCN3CCCCC3)nn2CC1(C)C(=O)NC1CCCC1. The molecule has 4 rings (SSSR count). The van der Waals surface area contributed by atoms with Crippen LogP contribution >= 0.6 is 0 Å². The van der Waals surface area contributed by atoms with E-state index in [1.807, 2.05) is 13.8 Å². The van der Waals surface area contributed by atoms with Gasteiger partial charge in [0, 0.05) is 31.7 Å². The van der Waals surface area contributed by atoms with Crippen LogP contribution in [0, 0.1) is 0 Å². The summed E-state index contributed by atoms with van der Waals surface area (Å²) in [5.41, 5.74) is -0.429. The van der Waals surface area contributed by atoms with Crippen LogP contribution in [0.4, 0.5) is 0 Å². The lowest BCUT2D eigenvalue weighted by Crippen LogP contribution is -2.65. The Morgan fingerprint density at radius 1 is 1.12 bits per heavy atom. The molecular weight excluding hydrogens is 420 g/mol. The molecule has 182 valence electrons. The normalized spacial score (nSPS) is 24.1. The van der Waals surface area contributed by atoms with Gasteiger partial charge in [-0.2, -0.15) is 5.10 Å². The van der Waals surface area contributed by atoms with Crippen LogP contribution in [-0.2, 0) is 11.3 Å². The van der Waals surface area contributed by atoms with E-state index in [2.05, 4.69) is 20.6 Å². The zero-order valence-electron chi connectivity index (χ0n) is 20.1. The highest BCUT2D eigenvalue weighted by atomic mass is 16.2. The number of hydrogen-bond donors (Lipinski definition) is 2. The van der Waals surface area contributed by atoms with Crippen molar-refractivity contribution in [3.8, 4) is 0 Å². The summed E-state index contributed by atoms with van der Waals surface area (Å²) in [6, 6.07) is 1.74. The van der Waals surface area contributed by atoms with Crippen molar-refractivity contribution in [2.45, 2.75) is 83.3 Å². The van der Waals surface area contributed by atoms with E-state index in [9.17, 15) is 14.4 Å². The molecule has 2 fully saturated rings. The van der Waals surface area contributed by atoms with E-state index >= 15 is 0 Å². The first-order valence-electron chi connectivity index (χ1n) is 12.6. The van der Waals surface area contributed by atoms with Crippen LogP contribution < -0.4 is 10.6 Å². The molecule has 0 spiro atoms. The van der Waals surface area contributed by atoms with Crippen molar-refractivity contribution in [1.29, 1.82) is 0 Å². The predicted octanol–water partition coefficient (Wildman–Crippen LogP) is 1.78. The molecule has 0 radical (unpaired) electrons. The third-order valence-corrected chi connectivity index (χ3v) is 7.32. The maximum atomic E-state index is 13.4. The summed E-state index contributed by atoms with van der Waals surface area (Å²) in [6.45, 7) is 8.07. The second kappa shape index (κ2) is 10.2. The van der Waals surface area contributed by atoms with Gasteiger partial charge >= 0.3 is 0 Å². The van der Waals surface area contributed by atoms with E-state index in [4.69, 9.17) is 0 Å². The molecule has 1 aliphatic carbocycles. The standard InChI is InChI=1S/C24H38N6O3/c1-3-12-29-22(32)20-16-19(21(31)25-11-15-28-13-7-4-8-14-28)27-30(20)17-24(29,2)23(33)26-18-9-5-6-10-18/h16,18H,3-15,17H2,1-2H3,(H,25,31)(H,26,33). The van der Waals surface area contributed by atoms with Crippen molar-refractivity contribution >= 4 is 17.7 Å². The topological polar surface area (TPSA) is 99.6 Å². The van der Waals surface area contributed by atoms with Crippen molar-refractivity contribution in [1.82, 2.24) is 30.2 Å². The summed E-state index contributed by atoms with van der Waals surface area (Å²) in [5.74, 6) is -0.655. The van der Waals surface area contributed by atoms with Crippen molar-refractivity contribution < 1.29 is 14.4 Å². The van der Waals surface area contributed by atoms with Crippen molar-refractivity contribution in [3.05, 3.63) is 17.5 Å². The molecule has 3 heterocycles. The van der Waals surface area contributed by atoms with E-state index in [0.29, 0.717) is 18.8 Å². The quantitative estimate of drug-likeness (QED) is 0.619. The number of likely N-dealkylation sites (tertiary alicyclic amines) is 1. The van der Waals surface area contributed by atoms with Crippen LogP contribution in [0.15, 0.2) is 6.07 Å². The van der Waals surface area contributed by atoms with E-state index in [1.165, 1.54) is 19.3 Å². The van der Waals surface area contributed by atoms with Crippen molar-refractivity contribution in [2.24, 2.45) is 0 Å². The van der Waals surface area contributed by atoms with Crippen LogP contribution in [0.5, 0.6) is 0 Å². The summed E-state index contributed by atoms with van der Waals surface area (Å²) >= 11 is 0. The highest BCUT2D eigenvalue weighted by molar-refractivity contribution is 6.01. The molecule has 3 aliphatic rings. The Hall–Kier alpha value is -2.42. The minimum atomic E-state index is -1.03. The Balaban J connectivity index is 1.45. The first kappa shape index (κ1) is 23.7. The molecule has 1 aromatic rings. The number of nitrogens with zero attached hydrogens (tertiary/aromatic N) is 4. The number of hydrogen-bond acceptors (Lipinski definition) is 5. The molecule has 2 N–H and O–H groups in total. The molecule has 33 heavy (non-hydrogen) atoms. The second-order valence-corrected chi connectivity index (χ2v) is 9.92. The lowest BCUT2D eigenvalue weighted by molar-refractivity contribution is -0.133. The number of fused-ring (bicyclic) bond motifs is 1. The summed E-state index contributed by atoms with van der Waals surface area (Å²) in [7, 11) is 0. The van der Waals surface area contributed by atoms with Crippen LogP contribution in [0.3, 0.4) is 0 Å². The summed E-state index contributed by atoms with van der Waals surface area (Å²) in [6.07, 6.45) is 8.67. The number of amides is 3. The first-order chi connectivity index (χ1) is 15.9. The lowest BCUT2D eigenvalue weighted by atomic mass is 9.94. The van der Waals surface area contributed by atoms with Gasteiger partial charge in [-0.05, 0) is 52.1 Å². The third-order valence-electron chi connectivity index (χ3n) is 7.32. The third kappa shape index (κ3) is 5.08. The summed E-state index contributed by atoms with van der Waals surface area (Å²) < 4.78 is 1.54. The minimum Gasteiger partial charge on any atom is -0.351 e. The molecule has 9 nitrogen and oxygen atoms in total. The average molecular weight is 459 g/mol. The Morgan fingerprint density at radius 3 is 2.55 bits per heavy atom. The molecule has 3 amide bonds. The molecule has 2 aliphatic heterocycles. The van der Waals surface area contributed by atoms with Gasteiger partial charge in [-0.15, -0.1) is 0 Å². The number of piperidine rings is 1. The van der Waals surface area contributed by atoms with Gasteiger partial charge in [0.1, 0.15) is 11.2 Å². The van der Waals surface area contributed by atoms with Crippen LogP contribution in [0.2, 0.25) is 0 Å².